The Labute approximate surface area is 108 Å². The Morgan fingerprint density at radius 3 is 2.67 bits per heavy atom. The Kier molecular flexibility index (Phi) is 2.92. The Morgan fingerprint density at radius 1 is 1.22 bits per heavy atom. The second-order valence-electron chi connectivity index (χ2n) is 4.98. The summed E-state index contributed by atoms with van der Waals surface area (Å²) >= 11 is 0. The molecule has 1 aromatic heterocycles. The van der Waals surface area contributed by atoms with Crippen molar-refractivity contribution in [2.75, 3.05) is 6.54 Å². The monoisotopic (exact) mass is 241 g/mol. The van der Waals surface area contributed by atoms with Crippen LogP contribution in [0.1, 0.15) is 35.8 Å². The Bertz CT molecular complexity index is 536. The van der Waals surface area contributed by atoms with Crippen molar-refractivity contribution in [3.63, 3.8) is 0 Å². The number of aromatic nitrogens is 2. The highest BCUT2D eigenvalue weighted by Crippen LogP contribution is 2.29. The zero-order valence-electron chi connectivity index (χ0n) is 11.0. The van der Waals surface area contributed by atoms with E-state index in [-0.39, 0.29) is 0 Å². The van der Waals surface area contributed by atoms with Crippen molar-refractivity contribution >= 4 is 0 Å². The molecule has 1 aliphatic heterocycles. The molecule has 0 amide bonds. The number of benzene rings is 1. The molecule has 1 atom stereocenters. The third-order valence-corrected chi connectivity index (χ3v) is 3.76. The maximum absolute atomic E-state index is 4.70. The van der Waals surface area contributed by atoms with Crippen LogP contribution in [-0.2, 0) is 0 Å². The zero-order chi connectivity index (χ0) is 12.5. The van der Waals surface area contributed by atoms with Crippen LogP contribution in [0.5, 0.6) is 0 Å². The van der Waals surface area contributed by atoms with Crippen molar-refractivity contribution < 1.29 is 0 Å². The van der Waals surface area contributed by atoms with Gasteiger partial charge in [-0.15, -0.1) is 0 Å². The van der Waals surface area contributed by atoms with Crippen molar-refractivity contribution in [3.05, 3.63) is 47.3 Å². The van der Waals surface area contributed by atoms with Crippen LogP contribution < -0.4 is 5.32 Å². The van der Waals surface area contributed by atoms with Crippen LogP contribution in [0, 0.1) is 13.8 Å². The summed E-state index contributed by atoms with van der Waals surface area (Å²) < 4.78 is 2.06. The number of para-hydroxylation sites is 1. The lowest BCUT2D eigenvalue weighted by atomic mass is 10.0. The molecule has 0 unspecified atom stereocenters. The van der Waals surface area contributed by atoms with E-state index in [0.717, 1.165) is 17.9 Å². The van der Waals surface area contributed by atoms with E-state index < -0.39 is 0 Å². The smallest absolute Gasteiger partial charge is 0.0648 e. The van der Waals surface area contributed by atoms with Gasteiger partial charge >= 0.3 is 0 Å². The molecule has 94 valence electrons. The van der Waals surface area contributed by atoms with E-state index in [1.54, 1.807) is 0 Å². The molecule has 1 aliphatic rings. The summed E-state index contributed by atoms with van der Waals surface area (Å²) in [6.45, 7) is 5.41. The summed E-state index contributed by atoms with van der Waals surface area (Å²) in [6, 6.07) is 10.8. The molecule has 0 bridgehead atoms. The minimum absolute atomic E-state index is 0.488. The fourth-order valence-electron chi connectivity index (χ4n) is 2.91. The predicted octanol–water partition coefficient (Wildman–Crippen LogP) is 2.91. The third kappa shape index (κ3) is 1.85. The van der Waals surface area contributed by atoms with E-state index in [4.69, 9.17) is 5.10 Å². The predicted molar refractivity (Wildman–Crippen MR) is 73.0 cm³/mol. The van der Waals surface area contributed by atoms with Gasteiger partial charge in [0, 0.05) is 17.3 Å². The number of hydrogen-bond acceptors (Lipinski definition) is 2. The van der Waals surface area contributed by atoms with Crippen molar-refractivity contribution in [1.29, 1.82) is 0 Å². The topological polar surface area (TPSA) is 29.9 Å². The molecule has 0 aliphatic carbocycles. The highest BCUT2D eigenvalue weighted by Gasteiger charge is 2.23. The molecule has 0 radical (unpaired) electrons. The van der Waals surface area contributed by atoms with Gasteiger partial charge in [-0.05, 0) is 45.4 Å². The fourth-order valence-corrected chi connectivity index (χ4v) is 2.91. The van der Waals surface area contributed by atoms with Crippen LogP contribution in [0.15, 0.2) is 30.3 Å². The largest absolute Gasteiger partial charge is 0.310 e. The van der Waals surface area contributed by atoms with Crippen LogP contribution in [0.4, 0.5) is 0 Å². The number of nitrogens with one attached hydrogen (secondary N) is 1. The molecule has 3 rings (SSSR count). The van der Waals surface area contributed by atoms with Gasteiger partial charge in [0.1, 0.15) is 0 Å². The maximum Gasteiger partial charge on any atom is 0.0648 e. The molecule has 2 heterocycles. The zero-order valence-corrected chi connectivity index (χ0v) is 11.0. The molecule has 3 nitrogen and oxygen atoms in total. The Balaban J connectivity index is 2.05. The molecule has 1 aromatic carbocycles. The van der Waals surface area contributed by atoms with Crippen LogP contribution in [-0.4, -0.2) is 16.3 Å². The average Bonchev–Trinajstić information content (AvgIpc) is 2.99. The van der Waals surface area contributed by atoms with E-state index in [2.05, 4.69) is 48.1 Å². The lowest BCUT2D eigenvalue weighted by Gasteiger charge is -2.11. The SMILES string of the molecule is Cc1nn(-c2ccccc2)c(C)c1[C@@H]1CCCN1. The molecular formula is C15H19N3. The minimum Gasteiger partial charge on any atom is -0.310 e. The molecular weight excluding hydrogens is 222 g/mol. The summed E-state index contributed by atoms with van der Waals surface area (Å²) in [5.74, 6) is 0. The molecule has 18 heavy (non-hydrogen) atoms. The van der Waals surface area contributed by atoms with Crippen LogP contribution in [0.3, 0.4) is 0 Å². The van der Waals surface area contributed by atoms with Crippen molar-refractivity contribution in [2.45, 2.75) is 32.7 Å². The summed E-state index contributed by atoms with van der Waals surface area (Å²) in [5.41, 5.74) is 4.94. The van der Waals surface area contributed by atoms with Gasteiger partial charge in [-0.3, -0.25) is 0 Å². The van der Waals surface area contributed by atoms with Gasteiger partial charge < -0.3 is 5.32 Å². The molecule has 0 spiro atoms. The van der Waals surface area contributed by atoms with E-state index >= 15 is 0 Å². The third-order valence-electron chi connectivity index (χ3n) is 3.76. The highest BCUT2D eigenvalue weighted by atomic mass is 15.3. The van der Waals surface area contributed by atoms with Gasteiger partial charge in [0.25, 0.3) is 0 Å². The average molecular weight is 241 g/mol. The van der Waals surface area contributed by atoms with Gasteiger partial charge in [-0.25, -0.2) is 4.68 Å². The first kappa shape index (κ1) is 11.5. The summed E-state index contributed by atoms with van der Waals surface area (Å²) in [6.07, 6.45) is 2.49. The van der Waals surface area contributed by atoms with E-state index in [0.29, 0.717) is 6.04 Å². The first-order valence-corrected chi connectivity index (χ1v) is 6.62. The molecule has 2 aromatic rings. The van der Waals surface area contributed by atoms with Crippen molar-refractivity contribution in [2.24, 2.45) is 0 Å². The molecule has 3 heteroatoms. The lowest BCUT2D eigenvalue weighted by Crippen LogP contribution is -2.14. The normalized spacial score (nSPS) is 19.3. The summed E-state index contributed by atoms with van der Waals surface area (Å²) in [4.78, 5) is 0. The van der Waals surface area contributed by atoms with E-state index in [1.807, 2.05) is 6.07 Å². The van der Waals surface area contributed by atoms with Gasteiger partial charge in [0.15, 0.2) is 0 Å². The second kappa shape index (κ2) is 4.58. The lowest BCUT2D eigenvalue weighted by molar-refractivity contribution is 0.639. The number of rotatable bonds is 2. The van der Waals surface area contributed by atoms with Crippen LogP contribution in [0.25, 0.3) is 5.69 Å². The maximum atomic E-state index is 4.70. The first-order valence-electron chi connectivity index (χ1n) is 6.62. The van der Waals surface area contributed by atoms with Crippen molar-refractivity contribution in [1.82, 2.24) is 15.1 Å². The Hall–Kier alpha value is -1.61. The second-order valence-corrected chi connectivity index (χ2v) is 4.98. The van der Waals surface area contributed by atoms with Gasteiger partial charge in [0.05, 0.1) is 11.4 Å². The minimum atomic E-state index is 0.488. The quantitative estimate of drug-likeness (QED) is 0.876. The Morgan fingerprint density at radius 2 is 2.00 bits per heavy atom. The number of hydrogen-bond donors (Lipinski definition) is 1. The van der Waals surface area contributed by atoms with Gasteiger partial charge in [-0.1, -0.05) is 18.2 Å². The number of nitrogens with zero attached hydrogens (tertiary/aromatic N) is 2. The van der Waals surface area contributed by atoms with Crippen molar-refractivity contribution in [3.8, 4) is 5.69 Å². The van der Waals surface area contributed by atoms with E-state index in [9.17, 15) is 0 Å². The number of aryl methyl sites for hydroxylation is 1. The molecule has 1 saturated heterocycles. The standard InChI is InChI=1S/C15H19N3/c1-11-15(14-9-6-10-16-14)12(2)18(17-11)13-7-4-3-5-8-13/h3-5,7-8,14,16H,6,9-10H2,1-2H3/t14-/m0/s1. The van der Waals surface area contributed by atoms with E-state index in [1.165, 1.54) is 24.1 Å². The molecule has 1 N–H and O–H groups in total. The van der Waals surface area contributed by atoms with Crippen LogP contribution in [0.2, 0.25) is 0 Å². The highest BCUT2D eigenvalue weighted by molar-refractivity contribution is 5.38. The van der Waals surface area contributed by atoms with Crippen LogP contribution >= 0.6 is 0 Å². The summed E-state index contributed by atoms with van der Waals surface area (Å²) in [5, 5.41) is 8.27. The van der Waals surface area contributed by atoms with Gasteiger partial charge in [-0.2, -0.15) is 5.10 Å². The molecule has 1 fully saturated rings. The fraction of sp³-hybridized carbons (Fsp3) is 0.400. The van der Waals surface area contributed by atoms with Gasteiger partial charge in [0.2, 0.25) is 0 Å². The summed E-state index contributed by atoms with van der Waals surface area (Å²) in [7, 11) is 0. The first-order chi connectivity index (χ1) is 8.77. The molecule has 0 saturated carbocycles.